The summed E-state index contributed by atoms with van der Waals surface area (Å²) in [6.07, 6.45) is -0.288. The fourth-order valence-corrected chi connectivity index (χ4v) is 3.73. The molecule has 0 aromatic heterocycles. The molecule has 36 heavy (non-hydrogen) atoms. The molecule has 3 aromatic rings. The number of aryl methyl sites for hydroxylation is 1. The second kappa shape index (κ2) is 12.4. The summed E-state index contributed by atoms with van der Waals surface area (Å²) in [6, 6.07) is 13.9. The van der Waals surface area contributed by atoms with Crippen LogP contribution in [-0.2, 0) is 11.2 Å². The molecule has 0 spiro atoms. The van der Waals surface area contributed by atoms with Crippen molar-refractivity contribution in [3.63, 3.8) is 0 Å². The van der Waals surface area contributed by atoms with Crippen molar-refractivity contribution in [2.24, 2.45) is 0 Å². The third kappa shape index (κ3) is 6.95. The predicted octanol–water partition coefficient (Wildman–Crippen LogP) is 5.24. The van der Waals surface area contributed by atoms with Crippen molar-refractivity contribution in [3.05, 3.63) is 86.6 Å². The number of nitrogens with zero attached hydrogens (tertiary/aromatic N) is 1. The van der Waals surface area contributed by atoms with Crippen LogP contribution in [0.3, 0.4) is 0 Å². The van der Waals surface area contributed by atoms with E-state index < -0.39 is 11.7 Å². The lowest BCUT2D eigenvalue weighted by atomic mass is 10.1. The summed E-state index contributed by atoms with van der Waals surface area (Å²) in [4.78, 5) is 24.9. The second-order valence-electron chi connectivity index (χ2n) is 7.85. The molecule has 2 amide bonds. The van der Waals surface area contributed by atoms with Gasteiger partial charge in [0.15, 0.2) is 11.6 Å². The smallest absolute Gasteiger partial charge is 0.251 e. The Bertz CT molecular complexity index is 1340. The number of amides is 2. The zero-order valence-electron chi connectivity index (χ0n) is 19.5. The van der Waals surface area contributed by atoms with Gasteiger partial charge in [0.05, 0.1) is 23.1 Å². The summed E-state index contributed by atoms with van der Waals surface area (Å²) >= 11 is 12.1. The Morgan fingerprint density at radius 2 is 1.86 bits per heavy atom. The van der Waals surface area contributed by atoms with Crippen molar-refractivity contribution < 1.29 is 18.7 Å². The molecule has 3 rings (SSSR count). The number of hydrogen-bond acceptors (Lipinski definition) is 5. The molecule has 7 nitrogen and oxygen atoms in total. The van der Waals surface area contributed by atoms with Gasteiger partial charge in [0.25, 0.3) is 5.91 Å². The van der Waals surface area contributed by atoms with Crippen molar-refractivity contribution in [1.82, 2.24) is 10.6 Å². The SMILES string of the molecule is CNCCNC(=O)c1ccc(NC(=O)Cc2ccc(Cl)c(Oc3cc(Cl)cc(C#N)c3)c2F)c(C)c1. The van der Waals surface area contributed by atoms with Gasteiger partial charge in [0, 0.05) is 34.9 Å². The minimum absolute atomic E-state index is 0.00503. The molecule has 10 heteroatoms. The number of nitrogens with one attached hydrogen (secondary N) is 3. The van der Waals surface area contributed by atoms with Crippen molar-refractivity contribution >= 4 is 40.7 Å². The normalized spacial score (nSPS) is 10.4. The van der Waals surface area contributed by atoms with E-state index in [1.165, 1.54) is 30.3 Å². The fraction of sp³-hybridized carbons (Fsp3) is 0.192. The molecule has 0 fully saturated rings. The van der Waals surface area contributed by atoms with Gasteiger partial charge in [-0.15, -0.1) is 0 Å². The summed E-state index contributed by atoms with van der Waals surface area (Å²) in [7, 11) is 1.79. The van der Waals surface area contributed by atoms with Crippen LogP contribution in [0, 0.1) is 24.1 Å². The zero-order valence-corrected chi connectivity index (χ0v) is 21.1. The van der Waals surface area contributed by atoms with Gasteiger partial charge < -0.3 is 20.7 Å². The van der Waals surface area contributed by atoms with Gasteiger partial charge in [-0.25, -0.2) is 4.39 Å². The molecular formula is C26H23Cl2FN4O3. The topological polar surface area (TPSA) is 103 Å². The maximum Gasteiger partial charge on any atom is 0.251 e. The molecule has 0 aliphatic heterocycles. The first-order chi connectivity index (χ1) is 17.2. The molecule has 186 valence electrons. The molecule has 0 saturated carbocycles. The van der Waals surface area contributed by atoms with Crippen molar-refractivity contribution in [2.75, 3.05) is 25.5 Å². The van der Waals surface area contributed by atoms with Crippen LogP contribution in [0.25, 0.3) is 0 Å². The number of carbonyl (C=O) groups excluding carboxylic acids is 2. The molecular weight excluding hydrogens is 506 g/mol. The molecule has 3 aromatic carbocycles. The molecule has 0 aliphatic rings. The van der Waals surface area contributed by atoms with Gasteiger partial charge in [-0.05, 0) is 62.0 Å². The number of halogens is 3. The largest absolute Gasteiger partial charge is 0.453 e. The van der Waals surface area contributed by atoms with Gasteiger partial charge in [-0.3, -0.25) is 9.59 Å². The van der Waals surface area contributed by atoms with E-state index >= 15 is 4.39 Å². The van der Waals surface area contributed by atoms with Crippen LogP contribution in [0.1, 0.15) is 27.0 Å². The predicted molar refractivity (Wildman–Crippen MR) is 137 cm³/mol. The third-order valence-electron chi connectivity index (χ3n) is 5.12. The van der Waals surface area contributed by atoms with Crippen molar-refractivity contribution in [3.8, 4) is 17.6 Å². The number of nitriles is 1. The van der Waals surface area contributed by atoms with E-state index in [-0.39, 0.29) is 45.0 Å². The van der Waals surface area contributed by atoms with Gasteiger partial charge in [-0.2, -0.15) is 5.26 Å². The van der Waals surface area contributed by atoms with Gasteiger partial charge in [-0.1, -0.05) is 29.3 Å². The number of rotatable bonds is 9. The highest BCUT2D eigenvalue weighted by molar-refractivity contribution is 6.32. The van der Waals surface area contributed by atoms with E-state index in [9.17, 15) is 9.59 Å². The van der Waals surface area contributed by atoms with Gasteiger partial charge >= 0.3 is 0 Å². The Morgan fingerprint density at radius 3 is 2.56 bits per heavy atom. The van der Waals surface area contributed by atoms with E-state index in [4.69, 9.17) is 33.2 Å². The molecule has 0 unspecified atom stereocenters. The van der Waals surface area contributed by atoms with Crippen LogP contribution in [0.2, 0.25) is 10.0 Å². The third-order valence-corrected chi connectivity index (χ3v) is 5.64. The summed E-state index contributed by atoms with van der Waals surface area (Å²) in [5, 5.41) is 17.8. The summed E-state index contributed by atoms with van der Waals surface area (Å²) < 4.78 is 20.8. The molecule has 3 N–H and O–H groups in total. The average Bonchev–Trinajstić information content (AvgIpc) is 2.84. The minimum Gasteiger partial charge on any atom is -0.453 e. The van der Waals surface area contributed by atoms with E-state index in [1.807, 2.05) is 6.07 Å². The molecule has 0 heterocycles. The average molecular weight is 529 g/mol. The molecule has 0 bridgehead atoms. The number of benzene rings is 3. The highest BCUT2D eigenvalue weighted by atomic mass is 35.5. The molecule has 0 saturated heterocycles. The van der Waals surface area contributed by atoms with Crippen LogP contribution in [0.5, 0.6) is 11.5 Å². The maximum atomic E-state index is 15.2. The van der Waals surface area contributed by atoms with Crippen molar-refractivity contribution in [1.29, 1.82) is 5.26 Å². The minimum atomic E-state index is -0.804. The zero-order chi connectivity index (χ0) is 26.2. The number of likely N-dealkylation sites (N-methyl/N-ethyl adjacent to an activating group) is 1. The Hall–Kier alpha value is -3.64. The van der Waals surface area contributed by atoms with Gasteiger partial charge in [0.1, 0.15) is 5.75 Å². The van der Waals surface area contributed by atoms with Crippen LogP contribution in [0.4, 0.5) is 10.1 Å². The highest BCUT2D eigenvalue weighted by Crippen LogP contribution is 2.35. The standard InChI is InChI=1S/C26H23Cl2FN4O3/c1-15-9-18(26(35)32-8-7-31-2)4-6-22(15)33-23(34)12-17-3-5-21(28)25(24(17)29)36-20-11-16(14-30)10-19(27)13-20/h3-6,9-11,13,31H,7-8,12H2,1-2H3,(H,32,35)(H,33,34). The molecule has 0 radical (unpaired) electrons. The number of carbonyl (C=O) groups is 2. The fourth-order valence-electron chi connectivity index (χ4n) is 3.32. The van der Waals surface area contributed by atoms with E-state index in [0.29, 0.717) is 29.9 Å². The summed E-state index contributed by atoms with van der Waals surface area (Å²) in [5.41, 5.74) is 1.95. The first-order valence-corrected chi connectivity index (χ1v) is 11.7. The Labute approximate surface area is 218 Å². The number of ether oxygens (including phenoxy) is 1. The Morgan fingerprint density at radius 1 is 1.08 bits per heavy atom. The Balaban J connectivity index is 1.72. The lowest BCUT2D eigenvalue weighted by molar-refractivity contribution is -0.115. The van der Waals surface area contributed by atoms with E-state index in [0.717, 1.165) is 0 Å². The van der Waals surface area contributed by atoms with Gasteiger partial charge in [0.2, 0.25) is 5.91 Å². The van der Waals surface area contributed by atoms with Crippen molar-refractivity contribution in [2.45, 2.75) is 13.3 Å². The molecule has 0 atom stereocenters. The van der Waals surface area contributed by atoms with E-state index in [2.05, 4.69) is 16.0 Å². The van der Waals surface area contributed by atoms with E-state index in [1.54, 1.807) is 32.2 Å². The number of hydrogen-bond donors (Lipinski definition) is 3. The first kappa shape index (κ1) is 27.0. The quantitative estimate of drug-likeness (QED) is 0.329. The monoisotopic (exact) mass is 528 g/mol. The van der Waals surface area contributed by atoms with Crippen LogP contribution >= 0.6 is 23.2 Å². The van der Waals surface area contributed by atoms with Crippen LogP contribution in [0.15, 0.2) is 48.5 Å². The Kier molecular flexibility index (Phi) is 9.25. The number of anilines is 1. The first-order valence-electron chi connectivity index (χ1n) is 10.9. The highest BCUT2D eigenvalue weighted by Gasteiger charge is 2.18. The second-order valence-corrected chi connectivity index (χ2v) is 8.70. The maximum absolute atomic E-state index is 15.2. The summed E-state index contributed by atoms with van der Waals surface area (Å²) in [5.74, 6) is -1.64. The van der Waals surface area contributed by atoms with Crippen LogP contribution < -0.4 is 20.7 Å². The molecule has 0 aliphatic carbocycles. The lowest BCUT2D eigenvalue weighted by Crippen LogP contribution is -2.30. The lowest BCUT2D eigenvalue weighted by Gasteiger charge is -2.13. The van der Waals surface area contributed by atoms with Crippen LogP contribution in [-0.4, -0.2) is 32.0 Å². The summed E-state index contributed by atoms with van der Waals surface area (Å²) in [6.45, 7) is 2.89.